The average Bonchev–Trinajstić information content (AvgIpc) is 3.22. The van der Waals surface area contributed by atoms with Crippen LogP contribution in [-0.2, 0) is 6.54 Å². The summed E-state index contributed by atoms with van der Waals surface area (Å²) in [4.78, 5) is 6.81. The second kappa shape index (κ2) is 9.51. The Hall–Kier alpha value is -2.93. The number of aliphatic hydroxyl groups excluding tert-OH is 1. The van der Waals surface area contributed by atoms with Crippen molar-refractivity contribution in [3.05, 3.63) is 71.6 Å². The van der Waals surface area contributed by atoms with E-state index in [1.165, 1.54) is 5.56 Å². The Bertz CT molecular complexity index is 1240. The summed E-state index contributed by atoms with van der Waals surface area (Å²) in [5, 5.41) is 16.8. The number of aliphatic hydroxyl groups is 1. The molecule has 0 aliphatic carbocycles. The van der Waals surface area contributed by atoms with Crippen molar-refractivity contribution in [2.75, 3.05) is 26.7 Å². The van der Waals surface area contributed by atoms with Gasteiger partial charge in [-0.15, -0.1) is 0 Å². The van der Waals surface area contributed by atoms with Gasteiger partial charge in [-0.3, -0.25) is 4.98 Å². The number of hydrogen-bond donors (Lipinski definition) is 2. The van der Waals surface area contributed by atoms with Crippen LogP contribution in [0.1, 0.15) is 35.8 Å². The molecule has 0 saturated carbocycles. The van der Waals surface area contributed by atoms with Gasteiger partial charge in [0.15, 0.2) is 0 Å². The van der Waals surface area contributed by atoms with Crippen molar-refractivity contribution in [2.24, 2.45) is 0 Å². The number of pyridine rings is 1. The molecule has 0 spiro atoms. The van der Waals surface area contributed by atoms with Gasteiger partial charge in [0.05, 0.1) is 24.9 Å². The first-order chi connectivity index (χ1) is 16.1. The number of benzene rings is 2. The van der Waals surface area contributed by atoms with E-state index in [0.29, 0.717) is 18.3 Å². The van der Waals surface area contributed by atoms with Gasteiger partial charge in [0.2, 0.25) is 0 Å². The van der Waals surface area contributed by atoms with Crippen LogP contribution >= 0.6 is 0 Å². The highest BCUT2D eigenvalue weighted by molar-refractivity contribution is 5.83. The highest BCUT2D eigenvalue weighted by Crippen LogP contribution is 2.28. The number of nitrogens with one attached hydrogen (secondary N) is 1. The summed E-state index contributed by atoms with van der Waals surface area (Å²) in [5.74, 6) is 1.65. The number of furan rings is 1. The topological polar surface area (TPSA) is 70.8 Å². The number of nitrogens with zero attached hydrogens (tertiary/aromatic N) is 2. The lowest BCUT2D eigenvalue weighted by molar-refractivity contribution is 0.0949. The molecule has 2 N–H and O–H groups in total. The molecule has 1 atom stereocenters. The Kier molecular flexibility index (Phi) is 6.31. The summed E-state index contributed by atoms with van der Waals surface area (Å²) in [5.41, 5.74) is 4.01. The molecule has 5 rings (SSSR count). The zero-order valence-corrected chi connectivity index (χ0v) is 19.3. The monoisotopic (exact) mass is 445 g/mol. The number of hydrogen-bond acceptors (Lipinski definition) is 6. The van der Waals surface area contributed by atoms with Gasteiger partial charge in [-0.25, -0.2) is 0 Å². The van der Waals surface area contributed by atoms with Crippen molar-refractivity contribution in [1.82, 2.24) is 15.2 Å². The van der Waals surface area contributed by atoms with Gasteiger partial charge in [0, 0.05) is 29.9 Å². The number of ether oxygens (including phenoxy) is 1. The van der Waals surface area contributed by atoms with E-state index < -0.39 is 6.10 Å². The highest BCUT2D eigenvalue weighted by Gasteiger charge is 2.22. The minimum atomic E-state index is -0.558. The standard InChI is InChI=1S/C27H31N3O3/c1-18-12-20-13-19(6-7-27(20)33-18)15-28-21-8-10-30(11-9-21)17-26(31)23-4-3-5-25-24(23)14-22(32-2)16-29-25/h3-7,12-14,16,21,26,28,31H,8-11,15,17H2,1-2H3. The van der Waals surface area contributed by atoms with Gasteiger partial charge in [0.25, 0.3) is 0 Å². The minimum Gasteiger partial charge on any atom is -0.495 e. The smallest absolute Gasteiger partial charge is 0.137 e. The fraction of sp³-hybridized carbons (Fsp3) is 0.370. The molecular formula is C27H31N3O3. The molecule has 0 amide bonds. The number of fused-ring (bicyclic) bond motifs is 2. The first kappa shape index (κ1) is 21.9. The van der Waals surface area contributed by atoms with Crippen molar-refractivity contribution in [2.45, 2.75) is 38.5 Å². The van der Waals surface area contributed by atoms with E-state index in [9.17, 15) is 5.11 Å². The van der Waals surface area contributed by atoms with Crippen molar-refractivity contribution in [3.8, 4) is 5.75 Å². The third-order valence-electron chi connectivity index (χ3n) is 6.65. The number of aromatic nitrogens is 1. The van der Waals surface area contributed by atoms with Crippen molar-refractivity contribution < 1.29 is 14.3 Å². The molecule has 172 valence electrons. The van der Waals surface area contributed by atoms with Crippen LogP contribution in [-0.4, -0.2) is 47.8 Å². The quantitative estimate of drug-likeness (QED) is 0.434. The van der Waals surface area contributed by atoms with Gasteiger partial charge in [0.1, 0.15) is 17.1 Å². The molecule has 6 heteroatoms. The molecule has 2 aromatic carbocycles. The van der Waals surface area contributed by atoms with Gasteiger partial charge >= 0.3 is 0 Å². The normalized spacial score (nSPS) is 16.5. The molecule has 1 saturated heterocycles. The Balaban J connectivity index is 1.15. The molecule has 1 aliphatic rings. The largest absolute Gasteiger partial charge is 0.495 e. The van der Waals surface area contributed by atoms with Crippen LogP contribution in [0.15, 0.2) is 59.1 Å². The molecule has 6 nitrogen and oxygen atoms in total. The van der Waals surface area contributed by atoms with E-state index in [4.69, 9.17) is 9.15 Å². The van der Waals surface area contributed by atoms with Crippen molar-refractivity contribution >= 4 is 21.9 Å². The Morgan fingerprint density at radius 2 is 2.03 bits per heavy atom. The predicted molar refractivity (Wildman–Crippen MR) is 131 cm³/mol. The van der Waals surface area contributed by atoms with Gasteiger partial charge in [-0.2, -0.15) is 0 Å². The van der Waals surface area contributed by atoms with Crippen molar-refractivity contribution in [1.29, 1.82) is 0 Å². The molecule has 0 radical (unpaired) electrons. The maximum Gasteiger partial charge on any atom is 0.137 e. The zero-order chi connectivity index (χ0) is 22.8. The zero-order valence-electron chi connectivity index (χ0n) is 19.3. The molecule has 0 bridgehead atoms. The van der Waals surface area contributed by atoms with Gasteiger partial charge in [-0.05, 0) is 74.3 Å². The molecule has 3 heterocycles. The molecule has 33 heavy (non-hydrogen) atoms. The van der Waals surface area contributed by atoms with Crippen LogP contribution in [0.4, 0.5) is 0 Å². The summed E-state index contributed by atoms with van der Waals surface area (Å²) < 4.78 is 11.0. The third kappa shape index (κ3) is 4.88. The first-order valence-corrected chi connectivity index (χ1v) is 11.6. The lowest BCUT2D eigenvalue weighted by Crippen LogP contribution is -2.43. The van der Waals surface area contributed by atoms with Crippen LogP contribution in [0, 0.1) is 6.92 Å². The molecule has 4 aromatic rings. The number of likely N-dealkylation sites (tertiary alicyclic amines) is 1. The number of methoxy groups -OCH3 is 1. The molecule has 1 fully saturated rings. The molecular weight excluding hydrogens is 414 g/mol. The van der Waals surface area contributed by atoms with Crippen LogP contribution < -0.4 is 10.1 Å². The van der Waals surface area contributed by atoms with E-state index in [1.807, 2.05) is 31.2 Å². The maximum atomic E-state index is 11.0. The number of piperidine rings is 1. The third-order valence-corrected chi connectivity index (χ3v) is 6.65. The summed E-state index contributed by atoms with van der Waals surface area (Å²) in [6.07, 6.45) is 3.30. The van der Waals surface area contributed by atoms with Crippen molar-refractivity contribution in [3.63, 3.8) is 0 Å². The summed E-state index contributed by atoms with van der Waals surface area (Å²) in [6.45, 7) is 5.41. The van der Waals surface area contributed by atoms with E-state index in [-0.39, 0.29) is 0 Å². The minimum absolute atomic E-state index is 0.492. The summed E-state index contributed by atoms with van der Waals surface area (Å²) >= 11 is 0. The van der Waals surface area contributed by atoms with Gasteiger partial charge in [-0.1, -0.05) is 18.2 Å². The SMILES string of the molecule is COc1cnc2cccc(C(O)CN3CCC(NCc4ccc5oc(C)cc5c4)CC3)c2c1. The Labute approximate surface area is 194 Å². The fourth-order valence-corrected chi connectivity index (χ4v) is 4.82. The van der Waals surface area contributed by atoms with Crippen LogP contribution in [0.3, 0.4) is 0 Å². The molecule has 1 aliphatic heterocycles. The second-order valence-electron chi connectivity index (χ2n) is 8.99. The van der Waals surface area contributed by atoms with Crippen LogP contribution in [0.2, 0.25) is 0 Å². The molecule has 2 aromatic heterocycles. The van der Waals surface area contributed by atoms with E-state index >= 15 is 0 Å². The van der Waals surface area contributed by atoms with Crippen LogP contribution in [0.5, 0.6) is 5.75 Å². The Morgan fingerprint density at radius 3 is 2.85 bits per heavy atom. The van der Waals surface area contributed by atoms with Gasteiger partial charge < -0.3 is 24.5 Å². The number of aryl methyl sites for hydroxylation is 1. The first-order valence-electron chi connectivity index (χ1n) is 11.6. The number of rotatable bonds is 7. The van der Waals surface area contributed by atoms with Crippen LogP contribution in [0.25, 0.3) is 21.9 Å². The fourth-order valence-electron chi connectivity index (χ4n) is 4.82. The van der Waals surface area contributed by atoms with E-state index in [2.05, 4.69) is 39.5 Å². The van der Waals surface area contributed by atoms with E-state index in [1.54, 1.807) is 13.3 Å². The predicted octanol–water partition coefficient (Wildman–Crippen LogP) is 4.59. The lowest BCUT2D eigenvalue weighted by atomic mass is 10.0. The lowest BCUT2D eigenvalue weighted by Gasteiger charge is -2.33. The average molecular weight is 446 g/mol. The molecule has 1 unspecified atom stereocenters. The second-order valence-corrected chi connectivity index (χ2v) is 8.99. The Morgan fingerprint density at radius 1 is 1.18 bits per heavy atom. The van der Waals surface area contributed by atoms with E-state index in [0.717, 1.165) is 65.7 Å². The number of β-amino-alcohol motifs (C(OH)–C–C–N with tert-alkyl or cyclic N) is 1. The summed E-state index contributed by atoms with van der Waals surface area (Å²) in [6, 6.07) is 16.8. The summed E-state index contributed by atoms with van der Waals surface area (Å²) in [7, 11) is 1.64. The highest BCUT2D eigenvalue weighted by atomic mass is 16.5. The maximum absolute atomic E-state index is 11.0.